The third-order valence-electron chi connectivity index (χ3n) is 7.76. The monoisotopic (exact) mass is 606 g/mol. The van der Waals surface area contributed by atoms with Crippen molar-refractivity contribution in [2.24, 2.45) is 0 Å². The van der Waals surface area contributed by atoms with Crippen LogP contribution in [0.3, 0.4) is 0 Å². The van der Waals surface area contributed by atoms with Crippen LogP contribution in [0.25, 0.3) is 0 Å². The molecular weight excluding hydrogens is 556 g/mol. The van der Waals surface area contributed by atoms with Crippen LogP contribution in [0.1, 0.15) is 94.1 Å². The summed E-state index contributed by atoms with van der Waals surface area (Å²) in [5, 5.41) is 11.9. The summed E-state index contributed by atoms with van der Waals surface area (Å²) < 4.78 is 0. The lowest BCUT2D eigenvalue weighted by molar-refractivity contribution is 0.0940. The molecule has 0 saturated carbocycles. The Morgan fingerprint density at radius 2 is 0.682 bits per heavy atom. The molecule has 1 heterocycles. The molecule has 0 aromatic heterocycles. The molecule has 2 aromatic rings. The Labute approximate surface area is 262 Å². The van der Waals surface area contributed by atoms with Crippen LogP contribution in [0.4, 0.5) is 0 Å². The molecule has 4 bridgehead atoms. The number of amides is 4. The number of benzene rings is 2. The van der Waals surface area contributed by atoms with Gasteiger partial charge >= 0.3 is 0 Å². The highest BCUT2D eigenvalue weighted by molar-refractivity contribution is 6.01. The maximum absolute atomic E-state index is 13.1. The van der Waals surface area contributed by atoms with Crippen LogP contribution in [0.15, 0.2) is 36.4 Å². The smallest absolute Gasteiger partial charge is 0.251 e. The Balaban J connectivity index is 1.82. The average Bonchev–Trinajstić information content (AvgIpc) is 2.95. The fourth-order valence-corrected chi connectivity index (χ4v) is 4.72. The zero-order valence-electron chi connectivity index (χ0n) is 27.6. The van der Waals surface area contributed by atoms with E-state index in [1.54, 1.807) is 12.1 Å². The van der Waals surface area contributed by atoms with E-state index in [0.29, 0.717) is 74.6 Å². The lowest BCUT2D eigenvalue weighted by atomic mass is 9.85. The van der Waals surface area contributed by atoms with Crippen LogP contribution in [0.5, 0.6) is 0 Å². The number of nitrogens with zero attached hydrogens (tertiary/aromatic N) is 2. The fourth-order valence-electron chi connectivity index (χ4n) is 4.72. The second kappa shape index (κ2) is 14.8. The number of carbonyl (C=O) groups excluding carboxylic acids is 4. The van der Waals surface area contributed by atoms with Gasteiger partial charge in [0.05, 0.1) is 0 Å². The lowest BCUT2D eigenvalue weighted by Crippen LogP contribution is -2.38. The van der Waals surface area contributed by atoms with E-state index in [0.717, 1.165) is 11.1 Å². The van der Waals surface area contributed by atoms with Crippen molar-refractivity contribution in [2.45, 2.75) is 52.4 Å². The van der Waals surface area contributed by atoms with E-state index in [-0.39, 0.29) is 34.5 Å². The van der Waals surface area contributed by atoms with E-state index in [9.17, 15) is 19.2 Å². The van der Waals surface area contributed by atoms with Gasteiger partial charge in [0.1, 0.15) is 0 Å². The van der Waals surface area contributed by atoms with Crippen molar-refractivity contribution < 1.29 is 19.2 Å². The summed E-state index contributed by atoms with van der Waals surface area (Å²) in [5.41, 5.74) is 3.06. The topological polar surface area (TPSA) is 123 Å². The number of rotatable bonds is 0. The van der Waals surface area contributed by atoms with Gasteiger partial charge in [-0.25, -0.2) is 0 Å². The molecule has 4 N–H and O–H groups in total. The number of nitrogens with one attached hydrogen (secondary N) is 4. The Morgan fingerprint density at radius 3 is 0.886 bits per heavy atom. The highest BCUT2D eigenvalue weighted by Crippen LogP contribution is 2.26. The summed E-state index contributed by atoms with van der Waals surface area (Å²) in [7, 11) is 3.84. The van der Waals surface area contributed by atoms with Gasteiger partial charge in [-0.15, -0.1) is 0 Å². The van der Waals surface area contributed by atoms with Gasteiger partial charge in [0.2, 0.25) is 0 Å². The van der Waals surface area contributed by atoms with Crippen molar-refractivity contribution in [2.75, 3.05) is 66.5 Å². The number of likely N-dealkylation sites (N-methyl/N-ethyl adjacent to an activating group) is 2. The molecular formula is C34H50N6O4. The summed E-state index contributed by atoms with van der Waals surface area (Å²) in [4.78, 5) is 56.5. The molecule has 0 radical (unpaired) electrons. The Hall–Kier alpha value is -3.76. The molecule has 10 nitrogen and oxygen atoms in total. The normalized spacial score (nSPS) is 18.0. The summed E-state index contributed by atoms with van der Waals surface area (Å²) >= 11 is 0. The van der Waals surface area contributed by atoms with E-state index in [2.05, 4.69) is 21.3 Å². The molecule has 44 heavy (non-hydrogen) atoms. The van der Waals surface area contributed by atoms with Crippen LogP contribution in [-0.4, -0.2) is 99.9 Å². The van der Waals surface area contributed by atoms with Crippen molar-refractivity contribution in [1.29, 1.82) is 0 Å². The quantitative estimate of drug-likeness (QED) is 0.366. The maximum Gasteiger partial charge on any atom is 0.251 e. The standard InChI is InChI=1S/C34H50N6O4/c1-33(2,3)27-19-23-17-24(20-27)30(42)36-10-14-40(8)16-12-38-32(44)26-18-25(21-28(22-26)34(4,5)6)31(43)37-11-15-39(7)13-9-35-29(23)41/h17-22H,9-16H2,1-8H3,(H,35,41)(H,36,42)(H,37,43)(H,38,44). The third kappa shape index (κ3) is 10.2. The van der Waals surface area contributed by atoms with Gasteiger partial charge in [0, 0.05) is 74.6 Å². The van der Waals surface area contributed by atoms with Crippen molar-refractivity contribution in [3.63, 3.8) is 0 Å². The molecule has 4 amide bonds. The first-order chi connectivity index (χ1) is 20.5. The van der Waals surface area contributed by atoms with E-state index in [1.165, 1.54) is 0 Å². The van der Waals surface area contributed by atoms with E-state index in [4.69, 9.17) is 0 Å². The van der Waals surface area contributed by atoms with Gasteiger partial charge in [-0.2, -0.15) is 0 Å². The second-order valence-corrected chi connectivity index (χ2v) is 13.7. The number of carbonyl (C=O) groups is 4. The molecule has 1 aliphatic heterocycles. The average molecular weight is 607 g/mol. The Morgan fingerprint density at radius 1 is 0.455 bits per heavy atom. The van der Waals surface area contributed by atoms with Crippen LogP contribution < -0.4 is 21.3 Å². The summed E-state index contributed by atoms with van der Waals surface area (Å²) in [6, 6.07) is 10.7. The van der Waals surface area contributed by atoms with Crippen LogP contribution in [0, 0.1) is 0 Å². The molecule has 0 aliphatic carbocycles. The fraction of sp³-hybridized carbons (Fsp3) is 0.529. The molecule has 240 valence electrons. The highest BCUT2D eigenvalue weighted by Gasteiger charge is 2.22. The van der Waals surface area contributed by atoms with Crippen molar-refractivity contribution in [3.05, 3.63) is 69.8 Å². The third-order valence-corrected chi connectivity index (χ3v) is 7.76. The first-order valence-electron chi connectivity index (χ1n) is 15.4. The zero-order chi connectivity index (χ0) is 32.7. The first kappa shape index (κ1) is 34.7. The van der Waals surface area contributed by atoms with Gasteiger partial charge in [-0.1, -0.05) is 41.5 Å². The summed E-state index contributed by atoms with van der Waals surface area (Å²) in [6.45, 7) is 16.2. The number of hydrogen-bond acceptors (Lipinski definition) is 6. The molecule has 2 aromatic carbocycles. The van der Waals surface area contributed by atoms with Crippen LogP contribution >= 0.6 is 0 Å². The molecule has 3 rings (SSSR count). The minimum atomic E-state index is -0.252. The Bertz CT molecular complexity index is 1170. The molecule has 10 heteroatoms. The van der Waals surface area contributed by atoms with Gasteiger partial charge < -0.3 is 31.1 Å². The predicted molar refractivity (Wildman–Crippen MR) is 175 cm³/mol. The Kier molecular flexibility index (Phi) is 11.7. The van der Waals surface area contributed by atoms with Crippen molar-refractivity contribution in [3.8, 4) is 0 Å². The van der Waals surface area contributed by atoms with Gasteiger partial charge in [0.15, 0.2) is 0 Å². The van der Waals surface area contributed by atoms with Crippen molar-refractivity contribution >= 4 is 23.6 Å². The molecule has 0 unspecified atom stereocenters. The summed E-state index contributed by atoms with van der Waals surface area (Å²) in [6.07, 6.45) is 0. The van der Waals surface area contributed by atoms with Gasteiger partial charge in [0.25, 0.3) is 23.6 Å². The lowest BCUT2D eigenvalue weighted by Gasteiger charge is -2.22. The molecule has 0 fully saturated rings. The molecule has 0 spiro atoms. The largest absolute Gasteiger partial charge is 0.351 e. The van der Waals surface area contributed by atoms with E-state index < -0.39 is 0 Å². The second-order valence-electron chi connectivity index (χ2n) is 13.7. The predicted octanol–water partition coefficient (Wildman–Crippen LogP) is 2.78. The number of hydrogen-bond donors (Lipinski definition) is 4. The van der Waals surface area contributed by atoms with E-state index in [1.807, 2.05) is 89.7 Å². The van der Waals surface area contributed by atoms with E-state index >= 15 is 0 Å². The minimum absolute atomic E-state index is 0.238. The zero-order valence-corrected chi connectivity index (χ0v) is 27.6. The number of fused-ring (bicyclic) bond motifs is 4. The highest BCUT2D eigenvalue weighted by atomic mass is 16.2. The van der Waals surface area contributed by atoms with Crippen LogP contribution in [-0.2, 0) is 10.8 Å². The minimum Gasteiger partial charge on any atom is -0.351 e. The molecule has 0 saturated heterocycles. The van der Waals surface area contributed by atoms with Crippen LogP contribution in [0.2, 0.25) is 0 Å². The van der Waals surface area contributed by atoms with Crippen molar-refractivity contribution in [1.82, 2.24) is 31.1 Å². The molecule has 0 atom stereocenters. The summed E-state index contributed by atoms with van der Waals surface area (Å²) in [5.74, 6) is -0.953. The van der Waals surface area contributed by atoms with Gasteiger partial charge in [-0.3, -0.25) is 19.2 Å². The SMILES string of the molecule is CN1CCNC(=O)c2cc(cc(C(C)(C)C)c2)C(=O)NCCN(C)CCNC(=O)c2cc(cc(C(C)(C)C)c2)C(=O)NCC1. The maximum atomic E-state index is 13.1. The first-order valence-corrected chi connectivity index (χ1v) is 15.4. The molecule has 1 aliphatic rings. The van der Waals surface area contributed by atoms with Gasteiger partial charge in [-0.05, 0) is 72.5 Å².